The topological polar surface area (TPSA) is 68.4 Å². The fraction of sp³-hybridized carbons (Fsp3) is 0.588. The molecular formula is C17H26FN5O. The Morgan fingerprint density at radius 2 is 1.83 bits per heavy atom. The zero-order valence-corrected chi connectivity index (χ0v) is 14.2. The van der Waals surface area contributed by atoms with E-state index in [-0.39, 0.29) is 30.0 Å². The number of hydrogen-bond acceptors (Lipinski definition) is 4. The highest BCUT2D eigenvalue weighted by atomic mass is 19.1. The monoisotopic (exact) mass is 335 g/mol. The lowest BCUT2D eigenvalue weighted by molar-refractivity contribution is 0.246. The summed E-state index contributed by atoms with van der Waals surface area (Å²) in [4.78, 5) is 14.6. The van der Waals surface area contributed by atoms with E-state index in [1.165, 1.54) is 18.6 Å². The van der Waals surface area contributed by atoms with Crippen molar-refractivity contribution in [3.8, 4) is 0 Å². The van der Waals surface area contributed by atoms with Crippen LogP contribution < -0.4 is 26.4 Å². The summed E-state index contributed by atoms with van der Waals surface area (Å²) in [6.45, 7) is 5.88. The molecule has 2 heterocycles. The fourth-order valence-electron chi connectivity index (χ4n) is 3.45. The van der Waals surface area contributed by atoms with Gasteiger partial charge in [-0.15, -0.1) is 0 Å². The van der Waals surface area contributed by atoms with E-state index in [9.17, 15) is 9.18 Å². The summed E-state index contributed by atoms with van der Waals surface area (Å²) >= 11 is 0. The number of nitrogens with zero attached hydrogens (tertiary/aromatic N) is 1. The summed E-state index contributed by atoms with van der Waals surface area (Å²) in [6.07, 6.45) is 3.47. The van der Waals surface area contributed by atoms with Gasteiger partial charge in [-0.25, -0.2) is 9.18 Å². The van der Waals surface area contributed by atoms with E-state index < -0.39 is 0 Å². The number of amides is 2. The van der Waals surface area contributed by atoms with Crippen molar-refractivity contribution < 1.29 is 9.18 Å². The number of rotatable bonds is 3. The number of carbonyl (C=O) groups is 1. The number of urea groups is 1. The minimum absolute atomic E-state index is 0.0306. The molecule has 1 aromatic carbocycles. The summed E-state index contributed by atoms with van der Waals surface area (Å²) in [5.41, 5.74) is 7.61. The molecule has 7 heteroatoms. The SMILES string of the molecule is CC1NNC(C)C1NC(=O)Nc1cc(F)ccc1N1CCCCC1. The maximum Gasteiger partial charge on any atom is 0.319 e. The van der Waals surface area contributed by atoms with Crippen LogP contribution in [-0.4, -0.2) is 37.2 Å². The number of nitrogens with one attached hydrogen (secondary N) is 4. The summed E-state index contributed by atoms with van der Waals surface area (Å²) in [6, 6.07) is 4.49. The lowest BCUT2D eigenvalue weighted by atomic mass is 10.1. The van der Waals surface area contributed by atoms with Gasteiger partial charge in [0, 0.05) is 25.2 Å². The largest absolute Gasteiger partial charge is 0.370 e. The Hall–Kier alpha value is -1.86. The van der Waals surface area contributed by atoms with Crippen molar-refractivity contribution in [1.82, 2.24) is 16.2 Å². The molecule has 0 aliphatic carbocycles. The van der Waals surface area contributed by atoms with Crippen LogP contribution in [0, 0.1) is 5.82 Å². The average molecular weight is 335 g/mol. The van der Waals surface area contributed by atoms with E-state index in [2.05, 4.69) is 26.4 Å². The van der Waals surface area contributed by atoms with Crippen molar-refractivity contribution >= 4 is 17.4 Å². The van der Waals surface area contributed by atoms with Crippen LogP contribution in [0.5, 0.6) is 0 Å². The predicted molar refractivity (Wildman–Crippen MR) is 93.6 cm³/mol. The van der Waals surface area contributed by atoms with E-state index in [1.54, 1.807) is 6.07 Å². The highest BCUT2D eigenvalue weighted by Gasteiger charge is 2.31. The Balaban J connectivity index is 1.71. The molecule has 0 spiro atoms. The van der Waals surface area contributed by atoms with Gasteiger partial charge in [-0.05, 0) is 51.3 Å². The number of carbonyl (C=O) groups excluding carboxylic acids is 1. The van der Waals surface area contributed by atoms with Gasteiger partial charge in [0.15, 0.2) is 0 Å². The van der Waals surface area contributed by atoms with Crippen LogP contribution in [0.25, 0.3) is 0 Å². The Morgan fingerprint density at radius 3 is 2.50 bits per heavy atom. The maximum absolute atomic E-state index is 13.7. The summed E-state index contributed by atoms with van der Waals surface area (Å²) in [7, 11) is 0. The molecule has 24 heavy (non-hydrogen) atoms. The Bertz CT molecular complexity index is 580. The molecule has 3 rings (SSSR count). The van der Waals surface area contributed by atoms with Crippen molar-refractivity contribution in [1.29, 1.82) is 0 Å². The normalized spacial score (nSPS) is 27.1. The van der Waals surface area contributed by atoms with Gasteiger partial charge in [0.1, 0.15) is 5.82 Å². The van der Waals surface area contributed by atoms with Crippen LogP contribution in [0.3, 0.4) is 0 Å². The Kier molecular flexibility index (Phi) is 5.20. The van der Waals surface area contributed by atoms with Crippen LogP contribution >= 0.6 is 0 Å². The summed E-state index contributed by atoms with van der Waals surface area (Å²) < 4.78 is 13.7. The molecule has 0 radical (unpaired) electrons. The summed E-state index contributed by atoms with van der Waals surface area (Å²) in [5.74, 6) is -0.350. The Labute approximate surface area is 142 Å². The zero-order valence-electron chi connectivity index (χ0n) is 14.2. The van der Waals surface area contributed by atoms with Gasteiger partial charge in [0.2, 0.25) is 0 Å². The quantitative estimate of drug-likeness (QED) is 0.684. The lowest BCUT2D eigenvalue weighted by Crippen LogP contribution is -2.48. The number of anilines is 2. The molecule has 6 nitrogen and oxygen atoms in total. The lowest BCUT2D eigenvalue weighted by Gasteiger charge is -2.30. The average Bonchev–Trinajstić information content (AvgIpc) is 2.88. The highest BCUT2D eigenvalue weighted by Crippen LogP contribution is 2.29. The minimum atomic E-state index is -0.350. The van der Waals surface area contributed by atoms with Crippen molar-refractivity contribution in [2.45, 2.75) is 51.2 Å². The van der Waals surface area contributed by atoms with E-state index in [0.717, 1.165) is 31.6 Å². The second-order valence-electron chi connectivity index (χ2n) is 6.70. The number of hydrogen-bond donors (Lipinski definition) is 4. The van der Waals surface area contributed by atoms with E-state index >= 15 is 0 Å². The molecule has 4 N–H and O–H groups in total. The van der Waals surface area contributed by atoms with E-state index in [4.69, 9.17) is 0 Å². The first-order valence-corrected chi connectivity index (χ1v) is 8.67. The molecule has 0 aromatic heterocycles. The zero-order chi connectivity index (χ0) is 17.1. The van der Waals surface area contributed by atoms with Gasteiger partial charge in [-0.1, -0.05) is 0 Å². The molecule has 2 amide bonds. The first-order valence-electron chi connectivity index (χ1n) is 8.67. The molecular weight excluding hydrogens is 309 g/mol. The maximum atomic E-state index is 13.7. The van der Waals surface area contributed by atoms with Crippen LogP contribution in [0.4, 0.5) is 20.6 Å². The first kappa shape index (κ1) is 17.0. The number of hydrazine groups is 1. The third kappa shape index (κ3) is 3.79. The van der Waals surface area contributed by atoms with Crippen molar-refractivity contribution in [3.05, 3.63) is 24.0 Å². The van der Waals surface area contributed by atoms with E-state index in [1.807, 2.05) is 13.8 Å². The van der Waals surface area contributed by atoms with Crippen LogP contribution in [-0.2, 0) is 0 Å². The first-order chi connectivity index (χ1) is 11.5. The van der Waals surface area contributed by atoms with Crippen molar-refractivity contribution in [2.24, 2.45) is 0 Å². The molecule has 2 fully saturated rings. The van der Waals surface area contributed by atoms with Gasteiger partial charge in [0.05, 0.1) is 17.4 Å². The fourth-order valence-corrected chi connectivity index (χ4v) is 3.45. The van der Waals surface area contributed by atoms with Crippen molar-refractivity contribution in [2.75, 3.05) is 23.3 Å². The minimum Gasteiger partial charge on any atom is -0.370 e. The van der Waals surface area contributed by atoms with Crippen LogP contribution in [0.2, 0.25) is 0 Å². The van der Waals surface area contributed by atoms with Gasteiger partial charge in [-0.2, -0.15) is 0 Å². The number of benzene rings is 1. The number of halogens is 1. The molecule has 0 saturated carbocycles. The third-order valence-corrected chi connectivity index (χ3v) is 4.82. The van der Waals surface area contributed by atoms with Crippen molar-refractivity contribution in [3.63, 3.8) is 0 Å². The molecule has 2 aliphatic heterocycles. The van der Waals surface area contributed by atoms with Crippen LogP contribution in [0.1, 0.15) is 33.1 Å². The molecule has 1 aromatic rings. The van der Waals surface area contributed by atoms with Gasteiger partial charge in [-0.3, -0.25) is 10.9 Å². The molecule has 132 valence electrons. The molecule has 2 unspecified atom stereocenters. The standard InChI is InChI=1S/C17H26FN5O/c1-11-16(12(2)22-21-11)20-17(24)19-14-10-13(18)6-7-15(14)23-8-4-3-5-9-23/h6-7,10-12,16,21-22H,3-5,8-9H2,1-2H3,(H2,19,20,24). The molecule has 0 bridgehead atoms. The van der Waals surface area contributed by atoms with Gasteiger partial charge >= 0.3 is 6.03 Å². The smallest absolute Gasteiger partial charge is 0.319 e. The predicted octanol–water partition coefficient (Wildman–Crippen LogP) is 2.19. The second kappa shape index (κ2) is 7.36. The second-order valence-corrected chi connectivity index (χ2v) is 6.70. The van der Waals surface area contributed by atoms with Gasteiger partial charge in [0.25, 0.3) is 0 Å². The molecule has 2 saturated heterocycles. The summed E-state index contributed by atoms with van der Waals surface area (Å²) in [5, 5.41) is 5.79. The Morgan fingerprint density at radius 1 is 1.17 bits per heavy atom. The molecule has 2 aliphatic rings. The van der Waals surface area contributed by atoms with Gasteiger partial charge < -0.3 is 15.5 Å². The molecule has 2 atom stereocenters. The van der Waals surface area contributed by atoms with Crippen LogP contribution in [0.15, 0.2) is 18.2 Å². The highest BCUT2D eigenvalue weighted by molar-refractivity contribution is 5.93. The number of piperidine rings is 1. The van der Waals surface area contributed by atoms with E-state index in [0.29, 0.717) is 5.69 Å². The third-order valence-electron chi connectivity index (χ3n) is 4.82.